The number of H-pyrrole nitrogens is 1. The lowest BCUT2D eigenvalue weighted by Gasteiger charge is -2.22. The van der Waals surface area contributed by atoms with E-state index in [4.69, 9.17) is 0 Å². The largest absolute Gasteiger partial charge is 0.341 e. The second kappa shape index (κ2) is 9.05. The normalized spacial score (nSPS) is 15.1. The van der Waals surface area contributed by atoms with Gasteiger partial charge in [0.05, 0.1) is 0 Å². The molecular formula is C22H21FN4OS. The fourth-order valence-corrected chi connectivity index (χ4v) is 4.24. The molecule has 1 N–H and O–H groups in total. The Morgan fingerprint density at radius 1 is 1.07 bits per heavy atom. The molecule has 4 rings (SSSR count). The van der Waals surface area contributed by atoms with Gasteiger partial charge < -0.3 is 4.90 Å². The van der Waals surface area contributed by atoms with E-state index in [-0.39, 0.29) is 17.0 Å². The van der Waals surface area contributed by atoms with Gasteiger partial charge in [-0.05, 0) is 42.2 Å². The number of rotatable bonds is 6. The van der Waals surface area contributed by atoms with Crippen molar-refractivity contribution in [3.63, 3.8) is 0 Å². The number of nitrogens with one attached hydrogen (secondary N) is 1. The van der Waals surface area contributed by atoms with E-state index in [1.807, 2.05) is 41.3 Å². The molecule has 148 valence electrons. The average Bonchev–Trinajstić information content (AvgIpc) is 3.44. The average molecular weight is 409 g/mol. The van der Waals surface area contributed by atoms with Crippen molar-refractivity contribution in [2.24, 2.45) is 0 Å². The molecule has 2 heterocycles. The molecule has 0 radical (unpaired) electrons. The van der Waals surface area contributed by atoms with Crippen molar-refractivity contribution < 1.29 is 9.18 Å². The first-order valence-electron chi connectivity index (χ1n) is 9.55. The van der Waals surface area contributed by atoms with Crippen molar-refractivity contribution in [1.82, 2.24) is 20.1 Å². The highest BCUT2D eigenvalue weighted by atomic mass is 32.2. The Labute approximate surface area is 173 Å². The van der Waals surface area contributed by atoms with Crippen molar-refractivity contribution >= 4 is 29.8 Å². The highest BCUT2D eigenvalue weighted by molar-refractivity contribution is 8.00. The zero-order chi connectivity index (χ0) is 20.1. The third kappa shape index (κ3) is 4.92. The summed E-state index contributed by atoms with van der Waals surface area (Å²) in [4.78, 5) is 19.5. The number of halogens is 1. The maximum atomic E-state index is 13.1. The van der Waals surface area contributed by atoms with E-state index in [0.29, 0.717) is 11.0 Å². The summed E-state index contributed by atoms with van der Waals surface area (Å²) in [7, 11) is 0. The van der Waals surface area contributed by atoms with E-state index in [2.05, 4.69) is 15.2 Å². The van der Waals surface area contributed by atoms with Gasteiger partial charge in [-0.1, -0.05) is 60.3 Å². The molecule has 0 aliphatic carbocycles. The maximum absolute atomic E-state index is 13.1. The van der Waals surface area contributed by atoms with E-state index in [0.717, 1.165) is 37.1 Å². The van der Waals surface area contributed by atoms with Crippen LogP contribution in [0.4, 0.5) is 4.39 Å². The van der Waals surface area contributed by atoms with Crippen LogP contribution < -0.4 is 0 Å². The summed E-state index contributed by atoms with van der Waals surface area (Å²) in [5, 5.41) is 7.29. The van der Waals surface area contributed by atoms with Crippen LogP contribution in [0.5, 0.6) is 0 Å². The molecule has 1 aromatic heterocycles. The first-order valence-corrected chi connectivity index (χ1v) is 10.4. The summed E-state index contributed by atoms with van der Waals surface area (Å²) in [6, 6.07) is 16.0. The fraction of sp³-hybridized carbons (Fsp3) is 0.227. The Morgan fingerprint density at radius 2 is 1.79 bits per heavy atom. The number of hydrogen-bond donors (Lipinski definition) is 1. The predicted molar refractivity (Wildman–Crippen MR) is 113 cm³/mol. The number of benzene rings is 2. The number of amides is 1. The van der Waals surface area contributed by atoms with Crippen molar-refractivity contribution in [2.75, 3.05) is 13.1 Å². The molecule has 1 amide bonds. The minimum absolute atomic E-state index is 0.104. The molecule has 1 fully saturated rings. The van der Waals surface area contributed by atoms with E-state index in [1.165, 1.54) is 23.9 Å². The third-order valence-corrected chi connectivity index (χ3v) is 5.86. The summed E-state index contributed by atoms with van der Waals surface area (Å²) >= 11 is 1.35. The van der Waals surface area contributed by atoms with Gasteiger partial charge in [0.15, 0.2) is 0 Å². The van der Waals surface area contributed by atoms with Crippen LogP contribution in [-0.4, -0.2) is 39.1 Å². The summed E-state index contributed by atoms with van der Waals surface area (Å²) < 4.78 is 13.0. The molecule has 29 heavy (non-hydrogen) atoms. The van der Waals surface area contributed by atoms with Crippen LogP contribution in [0.25, 0.3) is 12.2 Å². The van der Waals surface area contributed by atoms with E-state index < -0.39 is 0 Å². The van der Waals surface area contributed by atoms with E-state index in [1.54, 1.807) is 18.2 Å². The lowest BCUT2D eigenvalue weighted by atomic mass is 10.1. The quantitative estimate of drug-likeness (QED) is 0.607. The molecule has 5 nitrogen and oxygen atoms in total. The van der Waals surface area contributed by atoms with Gasteiger partial charge in [-0.25, -0.2) is 9.37 Å². The molecule has 7 heteroatoms. The number of carbonyl (C=O) groups is 1. The monoisotopic (exact) mass is 408 g/mol. The molecule has 0 spiro atoms. The Kier molecular flexibility index (Phi) is 6.05. The Bertz CT molecular complexity index is 982. The highest BCUT2D eigenvalue weighted by Gasteiger charge is 2.29. The number of hydrogen-bond acceptors (Lipinski definition) is 4. The van der Waals surface area contributed by atoms with Gasteiger partial charge in [0.2, 0.25) is 11.1 Å². The topological polar surface area (TPSA) is 61.9 Å². The minimum Gasteiger partial charge on any atom is -0.341 e. The number of aromatic nitrogens is 3. The van der Waals surface area contributed by atoms with Gasteiger partial charge in [-0.2, -0.15) is 0 Å². The Balaban J connectivity index is 1.50. The number of thioether (sulfide) groups is 1. The second-order valence-corrected chi connectivity index (χ2v) is 7.90. The zero-order valence-electron chi connectivity index (χ0n) is 15.8. The second-order valence-electron chi connectivity index (χ2n) is 6.83. The van der Waals surface area contributed by atoms with Gasteiger partial charge in [0.25, 0.3) is 0 Å². The van der Waals surface area contributed by atoms with Crippen molar-refractivity contribution in [1.29, 1.82) is 0 Å². The molecule has 1 saturated heterocycles. The summed E-state index contributed by atoms with van der Waals surface area (Å²) in [6.45, 7) is 1.62. The van der Waals surface area contributed by atoms with Crippen LogP contribution in [0.15, 0.2) is 59.8 Å². The molecule has 1 aliphatic heterocycles. The smallest absolute Gasteiger partial charge is 0.240 e. The minimum atomic E-state index is -0.376. The van der Waals surface area contributed by atoms with E-state index >= 15 is 0 Å². The molecular weight excluding hydrogens is 387 g/mol. The maximum Gasteiger partial charge on any atom is 0.240 e. The summed E-state index contributed by atoms with van der Waals surface area (Å²) in [5.41, 5.74) is 1.81. The Hall–Kier alpha value is -2.93. The molecule has 0 bridgehead atoms. The fourth-order valence-electron chi connectivity index (χ4n) is 3.23. The van der Waals surface area contributed by atoms with Crippen LogP contribution in [0.2, 0.25) is 0 Å². The molecule has 1 atom stereocenters. The van der Waals surface area contributed by atoms with Crippen molar-refractivity contribution in [3.8, 4) is 0 Å². The summed E-state index contributed by atoms with van der Waals surface area (Å²) in [5.74, 6) is 0.416. The first-order chi connectivity index (χ1) is 14.2. The zero-order valence-corrected chi connectivity index (χ0v) is 16.6. The predicted octanol–water partition coefficient (Wildman–Crippen LogP) is 4.57. The molecule has 2 aromatic carbocycles. The van der Waals surface area contributed by atoms with Gasteiger partial charge >= 0.3 is 0 Å². The summed E-state index contributed by atoms with van der Waals surface area (Å²) in [6.07, 6.45) is 5.72. The van der Waals surface area contributed by atoms with Crippen LogP contribution in [0.3, 0.4) is 0 Å². The number of aromatic amines is 1. The van der Waals surface area contributed by atoms with Gasteiger partial charge in [0.1, 0.15) is 16.9 Å². The lowest BCUT2D eigenvalue weighted by molar-refractivity contribution is -0.129. The van der Waals surface area contributed by atoms with Gasteiger partial charge in [-0.15, -0.1) is 5.10 Å². The standard InChI is InChI=1S/C22H21FN4OS/c23-18-11-8-16(9-12-18)10-13-19-24-22(26-25-19)29-20(17-6-2-1-3-7-17)21(28)27-14-4-5-15-27/h1-3,6-13,20H,4-5,14-15H2,(H,24,25,26)/b13-10+. The van der Waals surface area contributed by atoms with E-state index in [9.17, 15) is 9.18 Å². The number of carbonyl (C=O) groups excluding carboxylic acids is 1. The third-order valence-electron chi connectivity index (χ3n) is 4.75. The van der Waals surface area contributed by atoms with Crippen LogP contribution >= 0.6 is 11.8 Å². The van der Waals surface area contributed by atoms with Crippen LogP contribution in [0, 0.1) is 5.82 Å². The number of nitrogens with zero attached hydrogens (tertiary/aromatic N) is 3. The molecule has 1 aliphatic rings. The van der Waals surface area contributed by atoms with Crippen LogP contribution in [-0.2, 0) is 4.79 Å². The number of likely N-dealkylation sites (tertiary alicyclic amines) is 1. The van der Waals surface area contributed by atoms with Crippen molar-refractivity contribution in [3.05, 3.63) is 77.4 Å². The molecule has 3 aromatic rings. The van der Waals surface area contributed by atoms with Gasteiger partial charge in [-0.3, -0.25) is 9.89 Å². The Morgan fingerprint density at radius 3 is 2.52 bits per heavy atom. The highest BCUT2D eigenvalue weighted by Crippen LogP contribution is 2.35. The SMILES string of the molecule is O=C(C(Sc1n[nH]c(/C=C/c2ccc(F)cc2)n1)c1ccccc1)N1CCCC1. The lowest BCUT2D eigenvalue weighted by Crippen LogP contribution is -2.31. The molecule has 0 saturated carbocycles. The first kappa shape index (κ1) is 19.4. The van der Waals surface area contributed by atoms with Crippen molar-refractivity contribution in [2.45, 2.75) is 23.2 Å². The van der Waals surface area contributed by atoms with Crippen LogP contribution in [0.1, 0.15) is 35.0 Å². The molecule has 1 unspecified atom stereocenters. The van der Waals surface area contributed by atoms with Gasteiger partial charge in [0, 0.05) is 13.1 Å².